The lowest BCUT2D eigenvalue weighted by Gasteiger charge is -2.15. The van der Waals surface area contributed by atoms with Crippen LogP contribution in [0.5, 0.6) is 0 Å². The Morgan fingerprint density at radius 2 is 1.73 bits per heavy atom. The summed E-state index contributed by atoms with van der Waals surface area (Å²) in [5, 5.41) is 5.49. The zero-order valence-electron chi connectivity index (χ0n) is 14.3. The Kier molecular flexibility index (Phi) is 4.31. The first-order valence-corrected chi connectivity index (χ1v) is 9.32. The highest BCUT2D eigenvalue weighted by molar-refractivity contribution is 7.17. The Labute approximate surface area is 155 Å². The van der Waals surface area contributed by atoms with E-state index in [-0.39, 0.29) is 11.8 Å². The van der Waals surface area contributed by atoms with Crippen molar-refractivity contribution in [2.24, 2.45) is 0 Å². The molecule has 1 heterocycles. The maximum Gasteiger partial charge on any atom is 0.265 e. The van der Waals surface area contributed by atoms with Crippen LogP contribution >= 0.6 is 11.3 Å². The van der Waals surface area contributed by atoms with E-state index in [0.29, 0.717) is 16.1 Å². The molecule has 0 radical (unpaired) electrons. The molecule has 1 aliphatic rings. The molecule has 4 rings (SSSR count). The molecule has 26 heavy (non-hydrogen) atoms. The fraction of sp³-hybridized carbons (Fsp3) is 0.143. The maximum atomic E-state index is 12.7. The van der Waals surface area contributed by atoms with Gasteiger partial charge >= 0.3 is 0 Å². The van der Waals surface area contributed by atoms with E-state index in [9.17, 15) is 9.59 Å². The van der Waals surface area contributed by atoms with Gasteiger partial charge in [-0.15, -0.1) is 11.3 Å². The Balaban J connectivity index is 1.59. The van der Waals surface area contributed by atoms with Crippen LogP contribution in [0.2, 0.25) is 0 Å². The summed E-state index contributed by atoms with van der Waals surface area (Å²) in [6.45, 7) is 0. The SMILES string of the molecule is CNC(=O)c1cccc(NC(=O)c2cc3c(s2)-c2ccccc2CC3)c1. The molecule has 130 valence electrons. The third-order valence-electron chi connectivity index (χ3n) is 4.57. The third-order valence-corrected chi connectivity index (χ3v) is 5.78. The first kappa shape index (κ1) is 16.5. The summed E-state index contributed by atoms with van der Waals surface area (Å²) in [4.78, 5) is 26.3. The lowest BCUT2D eigenvalue weighted by Crippen LogP contribution is -2.18. The Hall–Kier alpha value is -2.92. The third kappa shape index (κ3) is 3.02. The molecular formula is C21H18N2O2S. The zero-order chi connectivity index (χ0) is 18.1. The fourth-order valence-electron chi connectivity index (χ4n) is 3.26. The molecule has 0 unspecified atom stereocenters. The number of benzene rings is 2. The van der Waals surface area contributed by atoms with Crippen LogP contribution in [0, 0.1) is 0 Å². The Morgan fingerprint density at radius 3 is 2.58 bits per heavy atom. The van der Waals surface area contributed by atoms with Crippen LogP contribution in [0.25, 0.3) is 10.4 Å². The first-order valence-electron chi connectivity index (χ1n) is 8.50. The Morgan fingerprint density at radius 1 is 0.923 bits per heavy atom. The van der Waals surface area contributed by atoms with Gasteiger partial charge in [0.2, 0.25) is 0 Å². The maximum absolute atomic E-state index is 12.7. The minimum atomic E-state index is -0.177. The van der Waals surface area contributed by atoms with Crippen molar-refractivity contribution in [1.29, 1.82) is 0 Å². The molecule has 0 bridgehead atoms. The highest BCUT2D eigenvalue weighted by atomic mass is 32.1. The van der Waals surface area contributed by atoms with Crippen LogP contribution in [-0.2, 0) is 12.8 Å². The number of carbonyl (C=O) groups is 2. The molecule has 0 spiro atoms. The van der Waals surface area contributed by atoms with Gasteiger partial charge in [0, 0.05) is 23.2 Å². The van der Waals surface area contributed by atoms with E-state index in [1.807, 2.05) is 12.1 Å². The van der Waals surface area contributed by atoms with Crippen LogP contribution in [-0.4, -0.2) is 18.9 Å². The molecule has 0 fully saturated rings. The fourth-order valence-corrected chi connectivity index (χ4v) is 4.42. The molecule has 0 atom stereocenters. The predicted octanol–water partition coefficient (Wildman–Crippen LogP) is 4.13. The summed E-state index contributed by atoms with van der Waals surface area (Å²) >= 11 is 1.53. The average molecular weight is 362 g/mol. The average Bonchev–Trinajstić information content (AvgIpc) is 3.12. The summed E-state index contributed by atoms with van der Waals surface area (Å²) < 4.78 is 0. The second kappa shape index (κ2) is 6.77. The van der Waals surface area contributed by atoms with Crippen LogP contribution in [0.1, 0.15) is 31.2 Å². The standard InChI is InChI=1S/C21H18N2O2S/c1-22-20(24)15-6-4-7-16(11-15)23-21(25)18-12-14-10-9-13-5-2-3-8-17(13)19(14)26-18/h2-8,11-12H,9-10H2,1H3,(H,22,24)(H,23,25). The van der Waals surface area contributed by atoms with Crippen molar-refractivity contribution in [3.8, 4) is 10.4 Å². The van der Waals surface area contributed by atoms with Crippen molar-refractivity contribution >= 4 is 28.8 Å². The van der Waals surface area contributed by atoms with Gasteiger partial charge in [-0.1, -0.05) is 30.3 Å². The molecule has 0 aliphatic heterocycles. The molecule has 2 N–H and O–H groups in total. The van der Waals surface area contributed by atoms with Gasteiger partial charge < -0.3 is 10.6 Å². The van der Waals surface area contributed by atoms with Gasteiger partial charge in [0.1, 0.15) is 0 Å². The van der Waals surface area contributed by atoms with E-state index in [0.717, 1.165) is 12.8 Å². The lowest BCUT2D eigenvalue weighted by atomic mass is 9.91. The van der Waals surface area contributed by atoms with Gasteiger partial charge in [-0.05, 0) is 53.8 Å². The van der Waals surface area contributed by atoms with Crippen LogP contribution in [0.4, 0.5) is 5.69 Å². The van der Waals surface area contributed by atoms with E-state index in [4.69, 9.17) is 0 Å². The molecule has 5 heteroatoms. The monoisotopic (exact) mass is 362 g/mol. The topological polar surface area (TPSA) is 58.2 Å². The number of amides is 2. The molecule has 3 aromatic rings. The predicted molar refractivity (Wildman–Crippen MR) is 105 cm³/mol. The molecule has 1 aliphatic carbocycles. The van der Waals surface area contributed by atoms with Gasteiger partial charge in [0.25, 0.3) is 11.8 Å². The van der Waals surface area contributed by atoms with Crippen molar-refractivity contribution in [1.82, 2.24) is 5.32 Å². The van der Waals surface area contributed by atoms with Crippen LogP contribution in [0.15, 0.2) is 54.6 Å². The van der Waals surface area contributed by atoms with Crippen LogP contribution in [0.3, 0.4) is 0 Å². The summed E-state index contributed by atoms with van der Waals surface area (Å²) in [5.74, 6) is -0.319. The summed E-state index contributed by atoms with van der Waals surface area (Å²) in [7, 11) is 1.58. The minimum absolute atomic E-state index is 0.143. The van der Waals surface area contributed by atoms with E-state index >= 15 is 0 Å². The molecule has 2 aromatic carbocycles. The second-order valence-corrected chi connectivity index (χ2v) is 7.29. The van der Waals surface area contributed by atoms with Crippen molar-refractivity contribution in [3.63, 3.8) is 0 Å². The largest absolute Gasteiger partial charge is 0.355 e. The van der Waals surface area contributed by atoms with Crippen molar-refractivity contribution < 1.29 is 9.59 Å². The summed E-state index contributed by atoms with van der Waals surface area (Å²) in [6, 6.07) is 17.3. The zero-order valence-corrected chi connectivity index (χ0v) is 15.2. The normalized spacial score (nSPS) is 12.0. The van der Waals surface area contributed by atoms with Gasteiger partial charge in [-0.25, -0.2) is 0 Å². The summed E-state index contributed by atoms with van der Waals surface area (Å²) in [6.07, 6.45) is 1.97. The smallest absolute Gasteiger partial charge is 0.265 e. The van der Waals surface area contributed by atoms with Gasteiger partial charge in [-0.2, -0.15) is 0 Å². The van der Waals surface area contributed by atoms with E-state index in [1.165, 1.54) is 32.9 Å². The quantitative estimate of drug-likeness (QED) is 0.736. The molecule has 2 amide bonds. The number of anilines is 1. The Bertz CT molecular complexity index is 1010. The van der Waals surface area contributed by atoms with Gasteiger partial charge in [0.05, 0.1) is 4.88 Å². The molecule has 0 saturated carbocycles. The van der Waals surface area contributed by atoms with Crippen molar-refractivity contribution in [2.45, 2.75) is 12.8 Å². The lowest BCUT2D eigenvalue weighted by molar-refractivity contribution is 0.0961. The second-order valence-electron chi connectivity index (χ2n) is 6.24. The van der Waals surface area contributed by atoms with Crippen molar-refractivity contribution in [3.05, 3.63) is 76.2 Å². The van der Waals surface area contributed by atoms with Gasteiger partial charge in [-0.3, -0.25) is 9.59 Å². The first-order chi connectivity index (χ1) is 12.7. The number of thiophene rings is 1. The highest BCUT2D eigenvalue weighted by Gasteiger charge is 2.21. The number of hydrogen-bond donors (Lipinski definition) is 2. The number of hydrogen-bond acceptors (Lipinski definition) is 3. The van der Waals surface area contributed by atoms with Gasteiger partial charge in [0.15, 0.2) is 0 Å². The number of aryl methyl sites for hydroxylation is 2. The number of carbonyl (C=O) groups excluding carboxylic acids is 2. The molecular weight excluding hydrogens is 344 g/mol. The molecule has 0 saturated heterocycles. The number of rotatable bonds is 3. The van der Waals surface area contributed by atoms with Crippen molar-refractivity contribution in [2.75, 3.05) is 12.4 Å². The number of nitrogens with one attached hydrogen (secondary N) is 2. The van der Waals surface area contributed by atoms with E-state index < -0.39 is 0 Å². The number of fused-ring (bicyclic) bond motifs is 3. The molecule has 4 nitrogen and oxygen atoms in total. The minimum Gasteiger partial charge on any atom is -0.355 e. The summed E-state index contributed by atoms with van der Waals surface area (Å²) in [5.41, 5.74) is 4.94. The molecule has 1 aromatic heterocycles. The van der Waals surface area contributed by atoms with E-state index in [2.05, 4.69) is 28.8 Å². The van der Waals surface area contributed by atoms with E-state index in [1.54, 1.807) is 31.3 Å². The van der Waals surface area contributed by atoms with Crippen LogP contribution < -0.4 is 10.6 Å². The highest BCUT2D eigenvalue weighted by Crippen LogP contribution is 2.39.